The van der Waals surface area contributed by atoms with Crippen LogP contribution < -0.4 is 0 Å². The van der Waals surface area contributed by atoms with Gasteiger partial charge in [0.2, 0.25) is 10.0 Å². The Morgan fingerprint density at radius 1 is 1.06 bits per heavy atom. The zero-order valence-electron chi connectivity index (χ0n) is 18.7. The fraction of sp³-hybridized carbons (Fsp3) is 0.480. The lowest BCUT2D eigenvalue weighted by atomic mass is 9.74. The Balaban J connectivity index is 1.57. The van der Waals surface area contributed by atoms with Crippen molar-refractivity contribution in [1.82, 2.24) is 4.31 Å². The van der Waals surface area contributed by atoms with Gasteiger partial charge in [-0.1, -0.05) is 54.6 Å². The van der Waals surface area contributed by atoms with Gasteiger partial charge in [-0.05, 0) is 49.3 Å². The van der Waals surface area contributed by atoms with Gasteiger partial charge in [0.25, 0.3) is 0 Å². The molecule has 7 heteroatoms. The number of methoxy groups -OCH3 is 1. The van der Waals surface area contributed by atoms with E-state index in [0.717, 1.165) is 23.1 Å². The zero-order valence-corrected chi connectivity index (χ0v) is 19.5. The van der Waals surface area contributed by atoms with Crippen LogP contribution in [0.2, 0.25) is 0 Å². The van der Waals surface area contributed by atoms with Gasteiger partial charge in [0.05, 0.1) is 12.5 Å². The smallest absolute Gasteiger partial charge is 0.316 e. The second kappa shape index (κ2) is 9.33. The van der Waals surface area contributed by atoms with E-state index in [1.165, 1.54) is 7.11 Å². The van der Waals surface area contributed by atoms with E-state index in [4.69, 9.17) is 9.47 Å². The molecule has 0 aliphatic carbocycles. The molecule has 2 aromatic rings. The number of hydrogen-bond donors (Lipinski definition) is 0. The maximum atomic E-state index is 13.5. The number of ether oxygens (including phenoxy) is 2. The van der Waals surface area contributed by atoms with Gasteiger partial charge in [-0.15, -0.1) is 0 Å². The molecule has 0 bridgehead atoms. The van der Waals surface area contributed by atoms with Crippen LogP contribution in [0.1, 0.15) is 54.5 Å². The summed E-state index contributed by atoms with van der Waals surface area (Å²) in [5.74, 6) is -0.244. The number of esters is 1. The number of hydrogen-bond acceptors (Lipinski definition) is 5. The van der Waals surface area contributed by atoms with E-state index in [1.807, 2.05) is 61.5 Å². The Bertz CT molecular complexity index is 1030. The summed E-state index contributed by atoms with van der Waals surface area (Å²) in [5.41, 5.74) is 1.95. The molecule has 0 radical (unpaired) electrons. The van der Waals surface area contributed by atoms with E-state index in [9.17, 15) is 13.2 Å². The lowest BCUT2D eigenvalue weighted by molar-refractivity contribution is -0.151. The van der Waals surface area contributed by atoms with Crippen LogP contribution in [0.4, 0.5) is 0 Å². The molecule has 2 aromatic carbocycles. The summed E-state index contributed by atoms with van der Waals surface area (Å²) in [6, 6.07) is 17.2. The summed E-state index contributed by atoms with van der Waals surface area (Å²) in [6.45, 7) is 3.32. The molecule has 0 aromatic heterocycles. The number of rotatable bonds is 5. The van der Waals surface area contributed by atoms with Crippen LogP contribution in [-0.4, -0.2) is 45.1 Å². The molecule has 0 amide bonds. The number of sulfonamides is 1. The molecule has 2 atom stereocenters. The molecule has 4 rings (SSSR count). The third-order valence-corrected chi connectivity index (χ3v) is 9.33. The van der Waals surface area contributed by atoms with Crippen molar-refractivity contribution >= 4 is 16.0 Å². The van der Waals surface area contributed by atoms with E-state index in [1.54, 1.807) is 4.31 Å². The number of carbonyl (C=O) groups excluding carboxylic acids is 1. The first-order valence-electron chi connectivity index (χ1n) is 11.2. The highest BCUT2D eigenvalue weighted by molar-refractivity contribution is 7.89. The summed E-state index contributed by atoms with van der Waals surface area (Å²) in [7, 11) is -2.07. The minimum Gasteiger partial charge on any atom is -0.468 e. The average Bonchev–Trinajstić information content (AvgIpc) is 2.82. The predicted molar refractivity (Wildman–Crippen MR) is 123 cm³/mol. The van der Waals surface area contributed by atoms with Gasteiger partial charge in [-0.25, -0.2) is 8.42 Å². The summed E-state index contributed by atoms with van der Waals surface area (Å²) >= 11 is 0. The second-order valence-electron chi connectivity index (χ2n) is 8.80. The van der Waals surface area contributed by atoms with Crippen LogP contribution in [0.15, 0.2) is 54.6 Å². The van der Waals surface area contributed by atoms with Crippen LogP contribution in [0.5, 0.6) is 0 Å². The molecule has 2 saturated heterocycles. The number of benzene rings is 2. The lowest BCUT2D eigenvalue weighted by Gasteiger charge is -2.38. The third kappa shape index (κ3) is 4.21. The van der Waals surface area contributed by atoms with Crippen molar-refractivity contribution in [2.75, 3.05) is 20.3 Å². The quantitative estimate of drug-likeness (QED) is 0.636. The van der Waals surface area contributed by atoms with Crippen molar-refractivity contribution in [3.63, 3.8) is 0 Å². The number of nitrogens with zero attached hydrogens (tertiary/aromatic N) is 1. The van der Waals surface area contributed by atoms with Gasteiger partial charge in [-0.2, -0.15) is 4.31 Å². The molecular weight excluding hydrogens is 426 g/mol. The lowest BCUT2D eigenvalue weighted by Crippen LogP contribution is -2.44. The van der Waals surface area contributed by atoms with E-state index >= 15 is 0 Å². The monoisotopic (exact) mass is 457 g/mol. The van der Waals surface area contributed by atoms with Gasteiger partial charge in [0.1, 0.15) is 5.25 Å². The van der Waals surface area contributed by atoms with Gasteiger partial charge < -0.3 is 9.47 Å². The van der Waals surface area contributed by atoms with Gasteiger partial charge in [0.15, 0.2) is 0 Å². The second-order valence-corrected chi connectivity index (χ2v) is 10.9. The molecule has 2 fully saturated rings. The van der Waals surface area contributed by atoms with E-state index < -0.39 is 20.7 Å². The third-order valence-electron chi connectivity index (χ3n) is 6.96. The van der Waals surface area contributed by atoms with Crippen molar-refractivity contribution < 1.29 is 22.7 Å². The molecule has 32 heavy (non-hydrogen) atoms. The highest BCUT2D eigenvalue weighted by atomic mass is 32.2. The standard InChI is InChI=1S/C25H31NO5S/c1-19-8-13-23(21-6-4-3-5-7-21)32(28,29)26(19)18-20-9-11-22(12-10-20)25(24(27)30-2)14-16-31-17-15-25/h3-7,9-12,19,23H,8,13-18H2,1-2H3/t19-,23+/m0/s1. The van der Waals surface area contributed by atoms with Crippen molar-refractivity contribution in [1.29, 1.82) is 0 Å². The van der Waals surface area contributed by atoms with Gasteiger partial charge in [-0.3, -0.25) is 4.79 Å². The zero-order chi connectivity index (χ0) is 22.8. The first kappa shape index (κ1) is 23.0. The summed E-state index contributed by atoms with van der Waals surface area (Å²) < 4.78 is 39.2. The van der Waals surface area contributed by atoms with Crippen molar-refractivity contribution in [3.8, 4) is 0 Å². The first-order chi connectivity index (χ1) is 15.4. The Labute approximate surface area is 190 Å². The summed E-state index contributed by atoms with van der Waals surface area (Å²) in [4.78, 5) is 12.6. The van der Waals surface area contributed by atoms with Gasteiger partial charge in [0, 0.05) is 25.8 Å². The first-order valence-corrected chi connectivity index (χ1v) is 12.7. The number of carbonyl (C=O) groups is 1. The van der Waals surface area contributed by atoms with E-state index in [0.29, 0.717) is 39.0 Å². The van der Waals surface area contributed by atoms with Crippen LogP contribution in [0, 0.1) is 0 Å². The van der Waals surface area contributed by atoms with Crippen LogP contribution in [0.25, 0.3) is 0 Å². The molecule has 6 nitrogen and oxygen atoms in total. The van der Waals surface area contributed by atoms with Crippen molar-refractivity contribution in [3.05, 3.63) is 71.3 Å². The Kier molecular flexibility index (Phi) is 6.70. The molecule has 172 valence electrons. The molecule has 2 aliphatic rings. The highest BCUT2D eigenvalue weighted by Crippen LogP contribution is 2.39. The molecule has 0 unspecified atom stereocenters. The van der Waals surface area contributed by atoms with Crippen LogP contribution in [-0.2, 0) is 36.3 Å². The predicted octanol–water partition coefficient (Wildman–Crippen LogP) is 3.96. The normalized spacial score (nSPS) is 25.2. The molecule has 2 heterocycles. The minimum absolute atomic E-state index is 0.0588. The molecule has 0 saturated carbocycles. The average molecular weight is 458 g/mol. The summed E-state index contributed by atoms with van der Waals surface area (Å²) in [6.07, 6.45) is 2.61. The molecule has 0 spiro atoms. The SMILES string of the molecule is COC(=O)C1(c2ccc(CN3[C@@H](C)CC[C@H](c4ccccc4)S3(=O)=O)cc2)CCOCC1. The van der Waals surface area contributed by atoms with E-state index in [-0.39, 0.29) is 12.0 Å². The van der Waals surface area contributed by atoms with E-state index in [2.05, 4.69) is 0 Å². The minimum atomic E-state index is -3.48. The largest absolute Gasteiger partial charge is 0.468 e. The Hall–Kier alpha value is -2.22. The summed E-state index contributed by atoms with van der Waals surface area (Å²) in [5, 5.41) is -0.510. The van der Waals surface area contributed by atoms with Crippen LogP contribution >= 0.6 is 0 Å². The fourth-order valence-corrected chi connectivity index (χ4v) is 7.18. The maximum absolute atomic E-state index is 13.5. The maximum Gasteiger partial charge on any atom is 0.316 e. The Morgan fingerprint density at radius 2 is 1.72 bits per heavy atom. The topological polar surface area (TPSA) is 72.9 Å². The Morgan fingerprint density at radius 3 is 2.34 bits per heavy atom. The van der Waals surface area contributed by atoms with Crippen LogP contribution in [0.3, 0.4) is 0 Å². The highest BCUT2D eigenvalue weighted by Gasteiger charge is 2.43. The molecule has 0 N–H and O–H groups in total. The van der Waals surface area contributed by atoms with Crippen molar-refractivity contribution in [2.24, 2.45) is 0 Å². The van der Waals surface area contributed by atoms with Crippen molar-refractivity contribution in [2.45, 2.75) is 55.9 Å². The van der Waals surface area contributed by atoms with Gasteiger partial charge >= 0.3 is 5.97 Å². The molecule has 2 aliphatic heterocycles. The molecular formula is C25H31NO5S. The fourth-order valence-electron chi connectivity index (χ4n) is 4.99.